The third-order valence-corrected chi connectivity index (χ3v) is 11.4. The number of likely N-dealkylation sites (tertiary alicyclic amines) is 1. The fourth-order valence-corrected chi connectivity index (χ4v) is 8.24. The summed E-state index contributed by atoms with van der Waals surface area (Å²) < 4.78 is 12.9. The number of carboxylic acid groups (broad SMARTS) is 1. The second kappa shape index (κ2) is 15.6. The van der Waals surface area contributed by atoms with Crippen LogP contribution in [0.1, 0.15) is 57.8 Å². The molecule has 1 saturated carbocycles. The molecule has 2 aromatic carbocycles. The standard InChI is InChI=1S/C40H45BrN6O7S/c1-8-23-18-40(23,37(51)52)46-35(49)28-16-24(19-47(28)36(50)33(39(4,5)6)45-34(48)22-12-10-9-11-13-22)54-30-17-26(27-20-55-38(44-27)42-21(2)3)43-32-25(30)14-15-29(53-7)31(32)41/h8-15,17,20-21,23-24,28,33H,1,16,18-19H2,2-7H3,(H,42,44)(H,45,48)(H,46,49)(H,51,52)/t23-,24-,28+,33-,40-/m1/s1. The first-order valence-electron chi connectivity index (χ1n) is 18.0. The predicted molar refractivity (Wildman–Crippen MR) is 214 cm³/mol. The molecular formula is C40H45BrN6O7S. The van der Waals surface area contributed by atoms with Gasteiger partial charge in [0.15, 0.2) is 5.13 Å². The molecule has 0 bridgehead atoms. The minimum atomic E-state index is -1.52. The van der Waals surface area contributed by atoms with Gasteiger partial charge in [-0.3, -0.25) is 14.4 Å². The van der Waals surface area contributed by atoms with Crippen molar-refractivity contribution in [3.8, 4) is 22.9 Å². The van der Waals surface area contributed by atoms with E-state index in [1.165, 1.54) is 22.3 Å². The maximum Gasteiger partial charge on any atom is 0.330 e. The molecule has 1 aliphatic carbocycles. The van der Waals surface area contributed by atoms with Gasteiger partial charge in [-0.2, -0.15) is 0 Å². The van der Waals surface area contributed by atoms with Gasteiger partial charge >= 0.3 is 5.97 Å². The Hall–Kier alpha value is -5.02. The predicted octanol–water partition coefficient (Wildman–Crippen LogP) is 6.29. The van der Waals surface area contributed by atoms with Gasteiger partial charge in [0.1, 0.15) is 40.9 Å². The lowest BCUT2D eigenvalue weighted by atomic mass is 9.85. The van der Waals surface area contributed by atoms with Gasteiger partial charge in [-0.15, -0.1) is 17.9 Å². The molecule has 0 spiro atoms. The fourth-order valence-electron chi connectivity index (χ4n) is 6.79. The minimum absolute atomic E-state index is 0.0225. The molecule has 3 heterocycles. The van der Waals surface area contributed by atoms with Crippen LogP contribution in [0.4, 0.5) is 5.13 Å². The van der Waals surface area contributed by atoms with Gasteiger partial charge in [0.25, 0.3) is 5.91 Å². The number of carbonyl (C=O) groups excluding carboxylic acids is 3. The maximum absolute atomic E-state index is 14.7. The highest BCUT2D eigenvalue weighted by Gasteiger charge is 2.61. The van der Waals surface area contributed by atoms with Gasteiger partial charge in [-0.05, 0) is 65.9 Å². The lowest BCUT2D eigenvalue weighted by Gasteiger charge is -2.35. The molecule has 13 nitrogen and oxygen atoms in total. The van der Waals surface area contributed by atoms with E-state index >= 15 is 0 Å². The molecule has 0 unspecified atom stereocenters. The summed E-state index contributed by atoms with van der Waals surface area (Å²) in [7, 11) is 1.56. The van der Waals surface area contributed by atoms with Crippen molar-refractivity contribution in [3.63, 3.8) is 0 Å². The summed E-state index contributed by atoms with van der Waals surface area (Å²) in [6.07, 6.45) is 1.03. The van der Waals surface area contributed by atoms with Crippen molar-refractivity contribution < 1.29 is 33.8 Å². The van der Waals surface area contributed by atoms with Crippen molar-refractivity contribution in [2.24, 2.45) is 11.3 Å². The third-order valence-electron chi connectivity index (χ3n) is 9.84. The number of rotatable bonds is 13. The molecule has 2 aliphatic rings. The molecule has 1 saturated heterocycles. The van der Waals surface area contributed by atoms with E-state index in [1.807, 2.05) is 46.1 Å². The molecule has 3 amide bonds. The average Bonchev–Trinajstić information content (AvgIpc) is 3.42. The Morgan fingerprint density at radius 3 is 2.44 bits per heavy atom. The number of nitrogens with zero attached hydrogens (tertiary/aromatic N) is 3. The summed E-state index contributed by atoms with van der Waals surface area (Å²) in [6, 6.07) is 12.0. The highest BCUT2D eigenvalue weighted by Crippen LogP contribution is 2.45. The van der Waals surface area contributed by atoms with Crippen LogP contribution in [0.3, 0.4) is 0 Å². The zero-order valence-electron chi connectivity index (χ0n) is 31.5. The van der Waals surface area contributed by atoms with Crippen LogP contribution in [-0.4, -0.2) is 87.1 Å². The van der Waals surface area contributed by atoms with E-state index in [1.54, 1.807) is 49.6 Å². The van der Waals surface area contributed by atoms with Gasteiger partial charge < -0.3 is 35.4 Å². The molecule has 55 heavy (non-hydrogen) atoms. The Kier molecular flexibility index (Phi) is 11.3. The topological polar surface area (TPSA) is 172 Å². The Balaban J connectivity index is 1.37. The summed E-state index contributed by atoms with van der Waals surface area (Å²) in [6.45, 7) is 13.2. The monoisotopic (exact) mass is 832 g/mol. The largest absolute Gasteiger partial charge is 0.495 e. The summed E-state index contributed by atoms with van der Waals surface area (Å²) in [5, 5.41) is 22.3. The lowest BCUT2D eigenvalue weighted by Crippen LogP contribution is -2.59. The Morgan fingerprint density at radius 1 is 1.09 bits per heavy atom. The number of nitrogens with one attached hydrogen (secondary N) is 3. The fraction of sp³-hybridized carbons (Fsp3) is 0.400. The zero-order chi connectivity index (χ0) is 39.8. The normalized spacial score (nSPS) is 21.2. The van der Waals surface area contributed by atoms with Crippen LogP contribution >= 0.6 is 27.3 Å². The number of hydrogen-bond acceptors (Lipinski definition) is 10. The van der Waals surface area contributed by atoms with E-state index in [9.17, 15) is 24.3 Å². The molecule has 15 heteroatoms. The quantitative estimate of drug-likeness (QED) is 0.112. The maximum atomic E-state index is 14.7. The summed E-state index contributed by atoms with van der Waals surface area (Å²) in [5.74, 6) is -2.20. The van der Waals surface area contributed by atoms with Crippen molar-refractivity contribution in [2.45, 2.75) is 77.2 Å². The van der Waals surface area contributed by atoms with E-state index in [0.29, 0.717) is 43.8 Å². The van der Waals surface area contributed by atoms with Gasteiger partial charge in [-0.1, -0.05) is 45.0 Å². The summed E-state index contributed by atoms with van der Waals surface area (Å²) in [5.41, 5.74) is -0.194. The Labute approximate surface area is 332 Å². The van der Waals surface area contributed by atoms with E-state index in [-0.39, 0.29) is 25.4 Å². The molecule has 0 radical (unpaired) electrons. The average molecular weight is 834 g/mol. The highest BCUT2D eigenvalue weighted by atomic mass is 79.9. The molecule has 1 aliphatic heterocycles. The zero-order valence-corrected chi connectivity index (χ0v) is 33.9. The van der Waals surface area contributed by atoms with Crippen LogP contribution in [0.2, 0.25) is 0 Å². The SMILES string of the molecule is C=C[C@@H]1C[C@]1(NC(=O)[C@@H]1C[C@@H](Oc2cc(-c3csc(NC(C)C)n3)nc3c(Br)c(OC)ccc23)CN1C(=O)[C@@H](NC(=O)c1ccccc1)C(C)(C)C)C(=O)O. The molecule has 2 aromatic heterocycles. The first-order chi connectivity index (χ1) is 26.1. The van der Waals surface area contributed by atoms with E-state index in [2.05, 4.69) is 38.5 Å². The lowest BCUT2D eigenvalue weighted by molar-refractivity contribution is -0.146. The number of methoxy groups -OCH3 is 1. The molecular weight excluding hydrogens is 788 g/mol. The van der Waals surface area contributed by atoms with Crippen LogP contribution in [0.15, 0.2) is 71.0 Å². The van der Waals surface area contributed by atoms with Crippen LogP contribution in [0.25, 0.3) is 22.3 Å². The molecule has 5 atom stereocenters. The number of carbonyl (C=O) groups is 4. The molecule has 4 aromatic rings. The van der Waals surface area contributed by atoms with Gasteiger partial charge in [0, 0.05) is 40.8 Å². The van der Waals surface area contributed by atoms with Crippen molar-refractivity contribution in [3.05, 3.63) is 76.6 Å². The Morgan fingerprint density at radius 2 is 1.82 bits per heavy atom. The first kappa shape index (κ1) is 39.7. The van der Waals surface area contributed by atoms with Crippen LogP contribution < -0.4 is 25.4 Å². The van der Waals surface area contributed by atoms with Crippen molar-refractivity contribution in [1.29, 1.82) is 0 Å². The molecule has 6 rings (SSSR count). The number of amides is 3. The molecule has 4 N–H and O–H groups in total. The van der Waals surface area contributed by atoms with Crippen LogP contribution in [-0.2, 0) is 14.4 Å². The van der Waals surface area contributed by atoms with Gasteiger partial charge in [0.05, 0.1) is 29.3 Å². The minimum Gasteiger partial charge on any atom is -0.495 e. The van der Waals surface area contributed by atoms with Gasteiger partial charge in [0.2, 0.25) is 11.8 Å². The smallest absolute Gasteiger partial charge is 0.330 e. The van der Waals surface area contributed by atoms with Crippen molar-refractivity contribution in [2.75, 3.05) is 19.0 Å². The number of aliphatic carboxylic acids is 1. The number of hydrogen-bond donors (Lipinski definition) is 4. The summed E-state index contributed by atoms with van der Waals surface area (Å²) >= 11 is 5.10. The summed E-state index contributed by atoms with van der Waals surface area (Å²) in [4.78, 5) is 65.6. The molecule has 290 valence electrons. The number of aromatic nitrogens is 2. The van der Waals surface area contributed by atoms with E-state index in [4.69, 9.17) is 19.4 Å². The number of benzene rings is 2. The van der Waals surface area contributed by atoms with Crippen LogP contribution in [0.5, 0.6) is 11.5 Å². The second-order valence-corrected chi connectivity index (χ2v) is 16.9. The van der Waals surface area contributed by atoms with Crippen molar-refractivity contribution in [1.82, 2.24) is 25.5 Å². The second-order valence-electron chi connectivity index (χ2n) is 15.3. The van der Waals surface area contributed by atoms with Gasteiger partial charge in [-0.25, -0.2) is 14.8 Å². The Bertz CT molecular complexity index is 2140. The molecule has 2 fully saturated rings. The number of halogens is 1. The number of thiazole rings is 1. The third kappa shape index (κ3) is 8.18. The number of pyridine rings is 1. The number of anilines is 1. The number of ether oxygens (including phenoxy) is 2. The van der Waals surface area contributed by atoms with Crippen LogP contribution in [0, 0.1) is 11.3 Å². The number of carboxylic acids is 1. The van der Waals surface area contributed by atoms with E-state index in [0.717, 1.165) is 5.13 Å². The highest BCUT2D eigenvalue weighted by molar-refractivity contribution is 9.10. The first-order valence-corrected chi connectivity index (χ1v) is 19.6. The van der Waals surface area contributed by atoms with E-state index < -0.39 is 58.8 Å². The van der Waals surface area contributed by atoms with Crippen molar-refractivity contribution >= 4 is 67.0 Å². The number of fused-ring (bicyclic) bond motifs is 1.